The first-order valence-electron chi connectivity index (χ1n) is 7.75. The predicted octanol–water partition coefficient (Wildman–Crippen LogP) is 1.16. The first kappa shape index (κ1) is 17.9. The molecule has 0 spiro atoms. The van der Waals surface area contributed by atoms with Crippen LogP contribution in [0.25, 0.3) is 0 Å². The molecule has 136 valence electrons. The molecule has 3 rings (SSSR count). The minimum absolute atomic E-state index is 0.0175. The van der Waals surface area contributed by atoms with Gasteiger partial charge in [0.05, 0.1) is 10.6 Å². The van der Waals surface area contributed by atoms with Crippen molar-refractivity contribution in [3.8, 4) is 5.75 Å². The lowest BCUT2D eigenvalue weighted by molar-refractivity contribution is -0.118. The number of amides is 2. The number of rotatable bonds is 5. The Bertz CT molecular complexity index is 970. The molecule has 1 atom stereocenters. The zero-order chi connectivity index (χ0) is 18.9. The van der Waals surface area contributed by atoms with Crippen molar-refractivity contribution in [2.45, 2.75) is 17.9 Å². The number of primary amides is 1. The first-order chi connectivity index (χ1) is 12.3. The number of ether oxygens (including phenoxy) is 1. The molecule has 4 N–H and O–H groups in total. The summed E-state index contributed by atoms with van der Waals surface area (Å²) in [6.45, 7) is 1.64. The Hall–Kier alpha value is -2.91. The molecular weight excluding hydrogens is 358 g/mol. The van der Waals surface area contributed by atoms with Crippen LogP contribution in [-0.4, -0.2) is 26.8 Å². The van der Waals surface area contributed by atoms with E-state index in [1.54, 1.807) is 25.1 Å². The third kappa shape index (κ3) is 3.68. The third-order valence-electron chi connectivity index (χ3n) is 3.92. The van der Waals surface area contributed by atoms with E-state index in [1.807, 2.05) is 0 Å². The minimum atomic E-state index is -3.80. The number of fused-ring (bicyclic) bond motifs is 1. The molecule has 2 aromatic rings. The predicted molar refractivity (Wildman–Crippen MR) is 94.3 cm³/mol. The number of sulfonamides is 1. The summed E-state index contributed by atoms with van der Waals surface area (Å²) < 4.78 is 32.9. The van der Waals surface area contributed by atoms with Gasteiger partial charge >= 0.3 is 0 Å². The molecule has 0 aliphatic carbocycles. The van der Waals surface area contributed by atoms with Gasteiger partial charge in [-0.05, 0) is 48.9 Å². The second kappa shape index (κ2) is 6.77. The summed E-state index contributed by atoms with van der Waals surface area (Å²) in [6, 6.07) is 9.85. The van der Waals surface area contributed by atoms with Crippen LogP contribution in [0.3, 0.4) is 0 Å². The molecule has 9 heteroatoms. The Labute approximate surface area is 150 Å². The minimum Gasteiger partial charge on any atom is -0.482 e. The molecule has 0 bridgehead atoms. The summed E-state index contributed by atoms with van der Waals surface area (Å²) >= 11 is 0. The monoisotopic (exact) mass is 375 g/mol. The van der Waals surface area contributed by atoms with E-state index in [-0.39, 0.29) is 23.0 Å². The van der Waals surface area contributed by atoms with Gasteiger partial charge < -0.3 is 15.8 Å². The molecule has 0 aromatic heterocycles. The van der Waals surface area contributed by atoms with E-state index in [9.17, 15) is 18.0 Å². The maximum atomic E-state index is 12.5. The molecule has 1 aliphatic heterocycles. The fourth-order valence-corrected chi connectivity index (χ4v) is 3.77. The van der Waals surface area contributed by atoms with Gasteiger partial charge in [0, 0.05) is 11.6 Å². The van der Waals surface area contributed by atoms with Gasteiger partial charge in [-0.1, -0.05) is 6.07 Å². The number of hydrogen-bond donors (Lipinski definition) is 3. The molecule has 1 aliphatic rings. The second-order valence-corrected chi connectivity index (χ2v) is 7.54. The molecule has 8 nitrogen and oxygen atoms in total. The fraction of sp³-hybridized carbons (Fsp3) is 0.176. The van der Waals surface area contributed by atoms with E-state index in [2.05, 4.69) is 10.0 Å². The summed E-state index contributed by atoms with van der Waals surface area (Å²) in [5, 5.41) is 2.68. The van der Waals surface area contributed by atoms with Crippen molar-refractivity contribution in [1.29, 1.82) is 0 Å². The molecule has 1 heterocycles. The maximum absolute atomic E-state index is 12.5. The molecule has 2 amide bonds. The Balaban J connectivity index is 1.80. The highest BCUT2D eigenvalue weighted by atomic mass is 32.2. The van der Waals surface area contributed by atoms with Gasteiger partial charge in [0.1, 0.15) is 5.75 Å². The lowest BCUT2D eigenvalue weighted by Crippen LogP contribution is -2.28. The van der Waals surface area contributed by atoms with Gasteiger partial charge in [-0.2, -0.15) is 0 Å². The third-order valence-corrected chi connectivity index (χ3v) is 5.47. The number of benzene rings is 2. The maximum Gasteiger partial charge on any atom is 0.262 e. The van der Waals surface area contributed by atoms with E-state index < -0.39 is 22.0 Å². The molecule has 2 aromatic carbocycles. The van der Waals surface area contributed by atoms with Crippen LogP contribution in [0, 0.1) is 0 Å². The van der Waals surface area contributed by atoms with Gasteiger partial charge in [-0.15, -0.1) is 0 Å². The molecule has 0 fully saturated rings. The smallest absolute Gasteiger partial charge is 0.262 e. The van der Waals surface area contributed by atoms with Gasteiger partial charge in [-0.25, -0.2) is 13.1 Å². The second-order valence-electron chi connectivity index (χ2n) is 5.82. The van der Waals surface area contributed by atoms with E-state index in [1.165, 1.54) is 24.3 Å². The van der Waals surface area contributed by atoms with Crippen molar-refractivity contribution in [1.82, 2.24) is 4.72 Å². The number of carbonyl (C=O) groups excluding carboxylic acids is 2. The average Bonchev–Trinajstić information content (AvgIpc) is 2.60. The van der Waals surface area contributed by atoms with Crippen molar-refractivity contribution in [3.05, 3.63) is 53.6 Å². The van der Waals surface area contributed by atoms with Gasteiger partial charge in [0.15, 0.2) is 6.61 Å². The van der Waals surface area contributed by atoms with Crippen LogP contribution in [0.1, 0.15) is 28.9 Å². The van der Waals surface area contributed by atoms with Crippen LogP contribution < -0.4 is 20.5 Å². The standard InChI is InChI=1S/C17H17N3O5S/c1-10(12-4-7-15-14(8-12)19-16(21)9-25-15)20-26(23,24)13-5-2-11(3-6-13)17(18)22/h2-8,10,20H,9H2,1H3,(H2,18,22)(H,19,21). The molecule has 1 unspecified atom stereocenters. The highest BCUT2D eigenvalue weighted by Gasteiger charge is 2.21. The van der Waals surface area contributed by atoms with Crippen molar-refractivity contribution in [2.24, 2.45) is 5.73 Å². The summed E-state index contributed by atoms with van der Waals surface area (Å²) in [7, 11) is -3.80. The van der Waals surface area contributed by atoms with E-state index in [0.29, 0.717) is 17.0 Å². The van der Waals surface area contributed by atoms with Crippen LogP contribution in [-0.2, 0) is 14.8 Å². The number of nitrogens with one attached hydrogen (secondary N) is 2. The van der Waals surface area contributed by atoms with Gasteiger partial charge in [0.25, 0.3) is 5.91 Å². The van der Waals surface area contributed by atoms with Crippen LogP contribution >= 0.6 is 0 Å². The molecule has 26 heavy (non-hydrogen) atoms. The number of anilines is 1. The average molecular weight is 375 g/mol. The summed E-state index contributed by atoms with van der Waals surface area (Å²) in [5.74, 6) is -0.364. The highest BCUT2D eigenvalue weighted by molar-refractivity contribution is 7.89. The summed E-state index contributed by atoms with van der Waals surface area (Å²) in [5.41, 5.74) is 6.53. The van der Waals surface area contributed by atoms with Gasteiger partial charge in [-0.3, -0.25) is 9.59 Å². The zero-order valence-corrected chi connectivity index (χ0v) is 14.7. The van der Waals surface area contributed by atoms with Crippen LogP contribution in [0.5, 0.6) is 5.75 Å². The summed E-state index contributed by atoms with van der Waals surface area (Å²) in [6.07, 6.45) is 0. The molecule has 0 saturated heterocycles. The van der Waals surface area contributed by atoms with Crippen molar-refractivity contribution in [3.63, 3.8) is 0 Å². The van der Waals surface area contributed by atoms with Crippen molar-refractivity contribution in [2.75, 3.05) is 11.9 Å². The molecule has 0 radical (unpaired) electrons. The molecular formula is C17H17N3O5S. The lowest BCUT2D eigenvalue weighted by atomic mass is 10.1. The Morgan fingerprint density at radius 2 is 1.92 bits per heavy atom. The Morgan fingerprint density at radius 1 is 1.23 bits per heavy atom. The quantitative estimate of drug-likeness (QED) is 0.722. The van der Waals surface area contributed by atoms with E-state index in [0.717, 1.165) is 0 Å². The first-order valence-corrected chi connectivity index (χ1v) is 9.23. The molecule has 0 saturated carbocycles. The normalized spacial score (nSPS) is 14.7. The Morgan fingerprint density at radius 3 is 2.58 bits per heavy atom. The van der Waals surface area contributed by atoms with Crippen LogP contribution in [0.2, 0.25) is 0 Å². The number of carbonyl (C=O) groups is 2. The van der Waals surface area contributed by atoms with E-state index >= 15 is 0 Å². The van der Waals surface area contributed by atoms with Crippen LogP contribution in [0.15, 0.2) is 47.4 Å². The van der Waals surface area contributed by atoms with E-state index in [4.69, 9.17) is 10.5 Å². The highest BCUT2D eigenvalue weighted by Crippen LogP contribution is 2.31. The Kier molecular flexibility index (Phi) is 4.66. The lowest BCUT2D eigenvalue weighted by Gasteiger charge is -2.21. The fourth-order valence-electron chi connectivity index (χ4n) is 2.54. The summed E-state index contributed by atoms with van der Waals surface area (Å²) in [4.78, 5) is 22.5. The zero-order valence-electron chi connectivity index (χ0n) is 13.9. The topological polar surface area (TPSA) is 128 Å². The number of hydrogen-bond acceptors (Lipinski definition) is 5. The number of nitrogens with two attached hydrogens (primary N) is 1. The largest absolute Gasteiger partial charge is 0.482 e. The van der Waals surface area contributed by atoms with Crippen molar-refractivity contribution >= 4 is 27.5 Å². The SMILES string of the molecule is CC(NS(=O)(=O)c1ccc(C(N)=O)cc1)c1ccc2c(c1)NC(=O)CO2. The van der Waals surface area contributed by atoms with Crippen molar-refractivity contribution < 1.29 is 22.7 Å². The van der Waals surface area contributed by atoms with Crippen LogP contribution in [0.4, 0.5) is 5.69 Å². The van der Waals surface area contributed by atoms with Gasteiger partial charge in [0.2, 0.25) is 15.9 Å².